The summed E-state index contributed by atoms with van der Waals surface area (Å²) in [6, 6.07) is 11.0. The minimum atomic E-state index is -3.77. The highest BCUT2D eigenvalue weighted by Gasteiger charge is 2.10. The lowest BCUT2D eigenvalue weighted by molar-refractivity contribution is 0.183. The van der Waals surface area contributed by atoms with Crippen LogP contribution in [0.3, 0.4) is 0 Å². The van der Waals surface area contributed by atoms with Gasteiger partial charge in [0.2, 0.25) is 10.0 Å². The van der Waals surface area contributed by atoms with E-state index in [9.17, 15) is 18.3 Å². The number of hydrogen-bond donors (Lipinski definition) is 4. The molecule has 2 rings (SSSR count). The second kappa shape index (κ2) is 7.20. The number of ether oxygens (including phenoxy) is 1. The van der Waals surface area contributed by atoms with Crippen LogP contribution < -0.4 is 20.5 Å². The van der Waals surface area contributed by atoms with Crippen LogP contribution >= 0.6 is 0 Å². The predicted octanol–water partition coefficient (Wildman–Crippen LogP) is 1.59. The van der Waals surface area contributed by atoms with Crippen LogP contribution in [-0.2, 0) is 10.0 Å². The summed E-state index contributed by atoms with van der Waals surface area (Å²) in [5.41, 5.74) is 0.400. The number of amides is 2. The van der Waals surface area contributed by atoms with Gasteiger partial charge in [-0.3, -0.25) is 0 Å². The molecule has 0 spiro atoms. The molecule has 0 fully saturated rings. The second-order valence-electron chi connectivity index (χ2n) is 4.92. The van der Waals surface area contributed by atoms with E-state index in [0.29, 0.717) is 11.4 Å². The zero-order valence-corrected chi connectivity index (χ0v) is 13.6. The average molecular weight is 351 g/mol. The van der Waals surface area contributed by atoms with Crippen molar-refractivity contribution in [1.29, 1.82) is 0 Å². The van der Waals surface area contributed by atoms with Crippen LogP contribution in [0.25, 0.3) is 0 Å². The molecule has 0 aliphatic carbocycles. The Morgan fingerprint density at radius 1 is 1.12 bits per heavy atom. The van der Waals surface area contributed by atoms with Gasteiger partial charge in [-0.15, -0.1) is 0 Å². The SMILES string of the molecule is CC(NC(=O)Nc1ccc(S(N)(=O)=O)cc1)Oc1ccc(O)cc1. The highest BCUT2D eigenvalue weighted by atomic mass is 32.2. The Morgan fingerprint density at radius 2 is 1.71 bits per heavy atom. The Bertz CT molecular complexity index is 804. The van der Waals surface area contributed by atoms with Gasteiger partial charge in [0, 0.05) is 5.69 Å². The van der Waals surface area contributed by atoms with Gasteiger partial charge in [0.25, 0.3) is 0 Å². The van der Waals surface area contributed by atoms with Crippen molar-refractivity contribution in [1.82, 2.24) is 5.32 Å². The standard InChI is InChI=1S/C15H17N3O5S/c1-10(23-13-6-4-12(19)5-7-13)17-15(20)18-11-2-8-14(9-3-11)24(16,21)22/h2-10,19H,1H3,(H2,16,21,22)(H2,17,18,20). The highest BCUT2D eigenvalue weighted by Crippen LogP contribution is 2.17. The van der Waals surface area contributed by atoms with Crippen molar-refractivity contribution in [3.8, 4) is 11.5 Å². The quantitative estimate of drug-likeness (QED) is 0.608. The number of aromatic hydroxyl groups is 1. The zero-order valence-electron chi connectivity index (χ0n) is 12.8. The van der Waals surface area contributed by atoms with E-state index in [0.717, 1.165) is 0 Å². The number of nitrogens with two attached hydrogens (primary N) is 1. The number of sulfonamides is 1. The molecule has 0 saturated heterocycles. The Balaban J connectivity index is 1.89. The lowest BCUT2D eigenvalue weighted by Crippen LogP contribution is -2.39. The predicted molar refractivity (Wildman–Crippen MR) is 88.2 cm³/mol. The average Bonchev–Trinajstić information content (AvgIpc) is 2.49. The molecule has 1 atom stereocenters. The van der Waals surface area contributed by atoms with E-state index >= 15 is 0 Å². The molecule has 0 bridgehead atoms. The number of primary sulfonamides is 1. The van der Waals surface area contributed by atoms with Crippen LogP contribution in [0.5, 0.6) is 11.5 Å². The van der Waals surface area contributed by atoms with Crippen molar-refractivity contribution in [2.45, 2.75) is 18.0 Å². The zero-order chi connectivity index (χ0) is 17.7. The van der Waals surface area contributed by atoms with Gasteiger partial charge in [0.15, 0.2) is 6.23 Å². The number of carbonyl (C=O) groups excluding carboxylic acids is 1. The van der Waals surface area contributed by atoms with Crippen molar-refractivity contribution < 1.29 is 23.1 Å². The van der Waals surface area contributed by atoms with Gasteiger partial charge in [-0.2, -0.15) is 0 Å². The molecule has 8 nitrogen and oxygen atoms in total. The van der Waals surface area contributed by atoms with E-state index in [1.165, 1.54) is 36.4 Å². The minimum Gasteiger partial charge on any atom is -0.508 e. The summed E-state index contributed by atoms with van der Waals surface area (Å²) in [4.78, 5) is 11.8. The smallest absolute Gasteiger partial charge is 0.322 e. The third kappa shape index (κ3) is 5.14. The molecule has 0 saturated carbocycles. The number of nitrogens with one attached hydrogen (secondary N) is 2. The summed E-state index contributed by atoms with van der Waals surface area (Å²) < 4.78 is 27.8. The van der Waals surface area contributed by atoms with E-state index in [2.05, 4.69) is 10.6 Å². The minimum absolute atomic E-state index is 0.0440. The van der Waals surface area contributed by atoms with E-state index in [4.69, 9.17) is 9.88 Å². The Labute approximate surface area is 139 Å². The number of carbonyl (C=O) groups is 1. The van der Waals surface area contributed by atoms with Crippen molar-refractivity contribution in [2.24, 2.45) is 5.14 Å². The number of hydrogen-bond acceptors (Lipinski definition) is 5. The number of rotatable bonds is 5. The molecule has 0 radical (unpaired) electrons. The first-order valence-corrected chi connectivity index (χ1v) is 8.45. The van der Waals surface area contributed by atoms with E-state index < -0.39 is 22.3 Å². The molecule has 0 aromatic heterocycles. The molecule has 2 aromatic rings. The summed E-state index contributed by atoms with van der Waals surface area (Å²) in [5.74, 6) is 0.599. The Kier molecular flexibility index (Phi) is 5.27. The molecule has 9 heteroatoms. The molecule has 0 heterocycles. The number of anilines is 1. The molecule has 2 amide bonds. The van der Waals surface area contributed by atoms with Crippen LogP contribution in [0, 0.1) is 0 Å². The van der Waals surface area contributed by atoms with Gasteiger partial charge in [0.1, 0.15) is 11.5 Å². The van der Waals surface area contributed by atoms with Gasteiger partial charge in [-0.1, -0.05) is 0 Å². The topological polar surface area (TPSA) is 131 Å². The van der Waals surface area contributed by atoms with Crippen molar-refractivity contribution in [3.63, 3.8) is 0 Å². The number of urea groups is 1. The fourth-order valence-corrected chi connectivity index (χ4v) is 2.35. The highest BCUT2D eigenvalue weighted by molar-refractivity contribution is 7.89. The van der Waals surface area contributed by atoms with Crippen LogP contribution in [0.15, 0.2) is 53.4 Å². The third-order valence-electron chi connectivity index (χ3n) is 2.92. The van der Waals surface area contributed by atoms with Crippen LogP contribution in [0.2, 0.25) is 0 Å². The van der Waals surface area contributed by atoms with Crippen LogP contribution in [0.4, 0.5) is 10.5 Å². The lowest BCUT2D eigenvalue weighted by Gasteiger charge is -2.16. The fourth-order valence-electron chi connectivity index (χ4n) is 1.84. The number of phenolic OH excluding ortho intramolecular Hbond substituents is 1. The first-order chi connectivity index (χ1) is 11.2. The van der Waals surface area contributed by atoms with Crippen molar-refractivity contribution in [2.75, 3.05) is 5.32 Å². The first kappa shape index (κ1) is 17.6. The van der Waals surface area contributed by atoms with Crippen molar-refractivity contribution in [3.05, 3.63) is 48.5 Å². The molecule has 24 heavy (non-hydrogen) atoms. The van der Waals surface area contributed by atoms with Gasteiger partial charge < -0.3 is 20.5 Å². The van der Waals surface area contributed by atoms with E-state index in [1.807, 2.05) is 0 Å². The van der Waals surface area contributed by atoms with E-state index in [-0.39, 0.29) is 10.6 Å². The van der Waals surface area contributed by atoms with Gasteiger partial charge >= 0.3 is 6.03 Å². The molecule has 5 N–H and O–H groups in total. The normalized spacial score (nSPS) is 12.2. The molecule has 1 unspecified atom stereocenters. The summed E-state index contributed by atoms with van der Waals surface area (Å²) in [5, 5.41) is 19.3. The fraction of sp³-hybridized carbons (Fsp3) is 0.133. The second-order valence-corrected chi connectivity index (χ2v) is 6.48. The third-order valence-corrected chi connectivity index (χ3v) is 3.85. The maximum Gasteiger partial charge on any atom is 0.322 e. The summed E-state index contributed by atoms with van der Waals surface area (Å²) >= 11 is 0. The van der Waals surface area contributed by atoms with Gasteiger partial charge in [-0.25, -0.2) is 18.4 Å². The molecule has 0 aliphatic rings. The van der Waals surface area contributed by atoms with Gasteiger partial charge in [-0.05, 0) is 55.5 Å². The Morgan fingerprint density at radius 3 is 2.25 bits per heavy atom. The number of phenols is 1. The molecule has 0 aliphatic heterocycles. The lowest BCUT2D eigenvalue weighted by atomic mass is 10.3. The van der Waals surface area contributed by atoms with Crippen molar-refractivity contribution >= 4 is 21.7 Å². The maximum atomic E-state index is 11.9. The van der Waals surface area contributed by atoms with Crippen LogP contribution in [0.1, 0.15) is 6.92 Å². The summed E-state index contributed by atoms with van der Waals surface area (Å²) in [7, 11) is -3.77. The molecule has 128 valence electrons. The van der Waals surface area contributed by atoms with Crippen LogP contribution in [-0.4, -0.2) is 25.8 Å². The number of benzene rings is 2. The summed E-state index contributed by atoms with van der Waals surface area (Å²) in [6.07, 6.45) is -0.627. The monoisotopic (exact) mass is 351 g/mol. The Hall–Kier alpha value is -2.78. The van der Waals surface area contributed by atoms with E-state index in [1.54, 1.807) is 19.1 Å². The maximum absolute atomic E-state index is 11.9. The molecular weight excluding hydrogens is 334 g/mol. The molecule has 2 aromatic carbocycles. The molecular formula is C15H17N3O5S. The summed E-state index contributed by atoms with van der Waals surface area (Å²) in [6.45, 7) is 1.64. The van der Waals surface area contributed by atoms with Gasteiger partial charge in [0.05, 0.1) is 4.90 Å². The largest absolute Gasteiger partial charge is 0.508 e. The first-order valence-electron chi connectivity index (χ1n) is 6.90.